The maximum absolute atomic E-state index is 5.42. The molecule has 0 spiro atoms. The van der Waals surface area contributed by atoms with Gasteiger partial charge in [-0.15, -0.1) is 0 Å². The van der Waals surface area contributed by atoms with E-state index in [1.54, 1.807) is 0 Å². The van der Waals surface area contributed by atoms with Crippen molar-refractivity contribution in [1.29, 1.82) is 0 Å². The second-order valence-electron chi connectivity index (χ2n) is 4.89. The number of aryl methyl sites for hydroxylation is 2. The lowest BCUT2D eigenvalue weighted by atomic mass is 10.1. The number of benzene rings is 1. The van der Waals surface area contributed by atoms with Gasteiger partial charge in [0.25, 0.3) is 0 Å². The number of nitrogens with zero attached hydrogens (tertiary/aromatic N) is 2. The molecule has 0 N–H and O–H groups in total. The van der Waals surface area contributed by atoms with E-state index >= 15 is 0 Å². The van der Waals surface area contributed by atoms with Crippen molar-refractivity contribution >= 4 is 10.9 Å². The van der Waals surface area contributed by atoms with Crippen molar-refractivity contribution < 1.29 is 4.74 Å². The molecular formula is C14H18N2O. The number of aromatic nitrogens is 2. The van der Waals surface area contributed by atoms with Crippen molar-refractivity contribution in [3.05, 3.63) is 29.5 Å². The first-order valence-corrected chi connectivity index (χ1v) is 6.29. The number of hydrogen-bond acceptors (Lipinski definition) is 2. The highest BCUT2D eigenvalue weighted by Crippen LogP contribution is 2.27. The zero-order valence-corrected chi connectivity index (χ0v) is 10.4. The van der Waals surface area contributed by atoms with Crippen LogP contribution in [0.2, 0.25) is 0 Å². The molecule has 17 heavy (non-hydrogen) atoms. The van der Waals surface area contributed by atoms with Crippen LogP contribution in [-0.4, -0.2) is 23.0 Å². The molecule has 3 nitrogen and oxygen atoms in total. The van der Waals surface area contributed by atoms with Gasteiger partial charge in [0.2, 0.25) is 0 Å². The van der Waals surface area contributed by atoms with E-state index < -0.39 is 0 Å². The lowest BCUT2D eigenvalue weighted by Crippen LogP contribution is -2.20. The minimum Gasteiger partial charge on any atom is -0.381 e. The summed E-state index contributed by atoms with van der Waals surface area (Å²) in [6, 6.07) is 7.08. The number of ether oxygens (including phenoxy) is 1. The highest BCUT2D eigenvalue weighted by Gasteiger charge is 2.19. The van der Waals surface area contributed by atoms with E-state index in [0.29, 0.717) is 6.04 Å². The Morgan fingerprint density at radius 1 is 1.24 bits per heavy atom. The van der Waals surface area contributed by atoms with Crippen molar-refractivity contribution in [2.75, 3.05) is 13.2 Å². The standard InChI is InChI=1S/C14H18N2O/c1-10-3-4-13-11(2)15-16(14(13)9-10)12-5-7-17-8-6-12/h3-4,9,12H,5-8H2,1-2H3. The van der Waals surface area contributed by atoms with Gasteiger partial charge >= 0.3 is 0 Å². The van der Waals surface area contributed by atoms with Crippen molar-refractivity contribution in [3.8, 4) is 0 Å². The van der Waals surface area contributed by atoms with Gasteiger partial charge in [0.1, 0.15) is 0 Å². The van der Waals surface area contributed by atoms with Gasteiger partial charge in [-0.05, 0) is 38.3 Å². The molecule has 1 aliphatic heterocycles. The van der Waals surface area contributed by atoms with E-state index in [1.807, 2.05) is 0 Å². The Hall–Kier alpha value is -1.35. The number of hydrogen-bond donors (Lipinski definition) is 0. The molecule has 90 valence electrons. The average Bonchev–Trinajstić information content (AvgIpc) is 2.67. The Morgan fingerprint density at radius 3 is 2.76 bits per heavy atom. The molecule has 1 aromatic carbocycles. The molecule has 3 heteroatoms. The molecule has 3 rings (SSSR count). The van der Waals surface area contributed by atoms with Gasteiger partial charge in [0.05, 0.1) is 17.3 Å². The Balaban J connectivity index is 2.11. The molecule has 0 atom stereocenters. The third kappa shape index (κ3) is 1.84. The third-order valence-corrected chi connectivity index (χ3v) is 3.58. The Bertz CT molecular complexity index is 538. The Morgan fingerprint density at radius 2 is 2.00 bits per heavy atom. The molecule has 0 aliphatic carbocycles. The second kappa shape index (κ2) is 4.15. The van der Waals surface area contributed by atoms with E-state index in [4.69, 9.17) is 9.84 Å². The molecule has 1 aromatic heterocycles. The van der Waals surface area contributed by atoms with Gasteiger partial charge in [-0.25, -0.2) is 0 Å². The third-order valence-electron chi connectivity index (χ3n) is 3.58. The van der Waals surface area contributed by atoms with Crippen molar-refractivity contribution in [2.45, 2.75) is 32.7 Å². The van der Waals surface area contributed by atoms with Crippen LogP contribution in [0.25, 0.3) is 10.9 Å². The lowest BCUT2D eigenvalue weighted by Gasteiger charge is -2.23. The molecule has 0 unspecified atom stereocenters. The summed E-state index contributed by atoms with van der Waals surface area (Å²) in [6.07, 6.45) is 2.15. The van der Waals surface area contributed by atoms with Gasteiger partial charge in [0, 0.05) is 18.6 Å². The molecule has 2 heterocycles. The van der Waals surface area contributed by atoms with E-state index in [1.165, 1.54) is 16.5 Å². The van der Waals surface area contributed by atoms with Crippen LogP contribution in [0.4, 0.5) is 0 Å². The molecule has 2 aromatic rings. The summed E-state index contributed by atoms with van der Waals surface area (Å²) in [7, 11) is 0. The fourth-order valence-electron chi connectivity index (χ4n) is 2.61. The van der Waals surface area contributed by atoms with Crippen LogP contribution in [0.5, 0.6) is 0 Å². The summed E-state index contributed by atoms with van der Waals surface area (Å²) in [5, 5.41) is 6.00. The van der Waals surface area contributed by atoms with Gasteiger partial charge in [-0.1, -0.05) is 12.1 Å². The predicted molar refractivity (Wildman–Crippen MR) is 68.3 cm³/mol. The summed E-state index contributed by atoms with van der Waals surface area (Å²) in [6.45, 7) is 5.94. The van der Waals surface area contributed by atoms with Gasteiger partial charge in [-0.2, -0.15) is 5.10 Å². The first-order valence-electron chi connectivity index (χ1n) is 6.29. The summed E-state index contributed by atoms with van der Waals surface area (Å²) in [5.41, 5.74) is 3.70. The van der Waals surface area contributed by atoms with Crippen LogP contribution in [0.15, 0.2) is 18.2 Å². The highest BCUT2D eigenvalue weighted by molar-refractivity contribution is 5.82. The quantitative estimate of drug-likeness (QED) is 0.753. The maximum atomic E-state index is 5.42. The summed E-state index contributed by atoms with van der Waals surface area (Å²) in [5.74, 6) is 0. The van der Waals surface area contributed by atoms with E-state index in [0.717, 1.165) is 31.7 Å². The van der Waals surface area contributed by atoms with Crippen LogP contribution in [0.1, 0.15) is 30.1 Å². The molecule has 0 bridgehead atoms. The van der Waals surface area contributed by atoms with Gasteiger partial charge < -0.3 is 4.74 Å². The summed E-state index contributed by atoms with van der Waals surface area (Å²) in [4.78, 5) is 0. The minimum atomic E-state index is 0.502. The number of rotatable bonds is 1. The fraction of sp³-hybridized carbons (Fsp3) is 0.500. The largest absolute Gasteiger partial charge is 0.381 e. The van der Waals surface area contributed by atoms with Crippen molar-refractivity contribution in [2.24, 2.45) is 0 Å². The molecular weight excluding hydrogens is 212 g/mol. The van der Waals surface area contributed by atoms with Crippen LogP contribution < -0.4 is 0 Å². The fourth-order valence-corrected chi connectivity index (χ4v) is 2.61. The van der Waals surface area contributed by atoms with Crippen LogP contribution in [-0.2, 0) is 4.74 Å². The van der Waals surface area contributed by atoms with Crippen molar-refractivity contribution in [1.82, 2.24) is 9.78 Å². The highest BCUT2D eigenvalue weighted by atomic mass is 16.5. The molecule has 1 fully saturated rings. The average molecular weight is 230 g/mol. The molecule has 1 aliphatic rings. The summed E-state index contributed by atoms with van der Waals surface area (Å²) < 4.78 is 7.63. The molecule has 0 radical (unpaired) electrons. The maximum Gasteiger partial charge on any atom is 0.0691 e. The summed E-state index contributed by atoms with van der Waals surface area (Å²) >= 11 is 0. The topological polar surface area (TPSA) is 27.1 Å². The van der Waals surface area contributed by atoms with E-state index in [9.17, 15) is 0 Å². The Kier molecular flexibility index (Phi) is 2.63. The predicted octanol–water partition coefficient (Wildman–Crippen LogP) is 3.00. The zero-order chi connectivity index (χ0) is 11.8. The lowest BCUT2D eigenvalue weighted by molar-refractivity contribution is 0.0674. The monoisotopic (exact) mass is 230 g/mol. The van der Waals surface area contributed by atoms with Crippen LogP contribution in [0.3, 0.4) is 0 Å². The van der Waals surface area contributed by atoms with Crippen LogP contribution >= 0.6 is 0 Å². The van der Waals surface area contributed by atoms with Crippen LogP contribution in [0, 0.1) is 13.8 Å². The normalized spacial score (nSPS) is 17.8. The SMILES string of the molecule is Cc1ccc2c(C)nn(C3CCOCC3)c2c1. The van der Waals surface area contributed by atoms with E-state index in [2.05, 4.69) is 36.7 Å². The number of fused-ring (bicyclic) bond motifs is 1. The molecule has 0 saturated carbocycles. The Labute approximate surface area is 101 Å². The minimum absolute atomic E-state index is 0.502. The molecule has 0 amide bonds. The van der Waals surface area contributed by atoms with E-state index in [-0.39, 0.29) is 0 Å². The van der Waals surface area contributed by atoms with Gasteiger partial charge in [-0.3, -0.25) is 4.68 Å². The van der Waals surface area contributed by atoms with Crippen molar-refractivity contribution in [3.63, 3.8) is 0 Å². The second-order valence-corrected chi connectivity index (χ2v) is 4.89. The molecule has 1 saturated heterocycles. The van der Waals surface area contributed by atoms with Gasteiger partial charge in [0.15, 0.2) is 0 Å². The first kappa shape index (κ1) is 10.8. The smallest absolute Gasteiger partial charge is 0.0691 e. The first-order chi connectivity index (χ1) is 8.25. The zero-order valence-electron chi connectivity index (χ0n) is 10.4.